The Hall–Kier alpha value is -2.23. The number of aldehydes is 2. The number of carbonyl (C=O) groups excluding carboxylic acids is 2. The minimum absolute atomic E-state index is 0.0278. The molecule has 0 aliphatic heterocycles. The maximum Gasteiger partial charge on any atom is 0.328 e. The quantitative estimate of drug-likeness (QED) is 0.475. The monoisotopic (exact) mass is 220 g/mol. The van der Waals surface area contributed by atoms with Gasteiger partial charge in [-0.05, 0) is 11.6 Å². The van der Waals surface area contributed by atoms with Crippen LogP contribution in [0.4, 0.5) is 0 Å². The second-order valence-electron chi connectivity index (χ2n) is 2.65. The summed E-state index contributed by atoms with van der Waals surface area (Å²) >= 11 is 0. The van der Waals surface area contributed by atoms with Crippen molar-refractivity contribution >= 4 is 24.6 Å². The molecule has 0 fully saturated rings. The van der Waals surface area contributed by atoms with Crippen LogP contribution in [0.15, 0.2) is 36.4 Å². The normalized spacial score (nSPS) is 9.00. The molecule has 0 saturated heterocycles. The van der Waals surface area contributed by atoms with Crippen molar-refractivity contribution in [1.82, 2.24) is 0 Å². The lowest BCUT2D eigenvalue weighted by atomic mass is 10.2. The van der Waals surface area contributed by atoms with Gasteiger partial charge in [-0.25, -0.2) is 4.79 Å². The van der Waals surface area contributed by atoms with Crippen molar-refractivity contribution in [1.29, 1.82) is 0 Å². The highest BCUT2D eigenvalue weighted by Crippen LogP contribution is 1.99. The summed E-state index contributed by atoms with van der Waals surface area (Å²) in [7, 11) is 0. The molecule has 0 spiro atoms. The Bertz CT molecular complexity index is 349. The van der Waals surface area contributed by atoms with Crippen LogP contribution < -0.4 is 0 Å². The molecule has 0 unspecified atom stereocenters. The van der Waals surface area contributed by atoms with Gasteiger partial charge < -0.3 is 14.7 Å². The molecule has 0 aliphatic rings. The molecule has 1 aromatic rings. The minimum atomic E-state index is -0.922. The summed E-state index contributed by atoms with van der Waals surface area (Å²) < 4.78 is 0. The van der Waals surface area contributed by atoms with Crippen LogP contribution >= 0.6 is 0 Å². The van der Waals surface area contributed by atoms with Gasteiger partial charge in [0.15, 0.2) is 0 Å². The highest BCUT2D eigenvalue weighted by Gasteiger charge is 1.85. The first kappa shape index (κ1) is 13.8. The van der Waals surface area contributed by atoms with Gasteiger partial charge in [-0.2, -0.15) is 0 Å². The van der Waals surface area contributed by atoms with E-state index in [0.717, 1.165) is 11.6 Å². The number of carboxylic acids is 1. The molecular weight excluding hydrogens is 208 g/mol. The Morgan fingerprint density at radius 1 is 1.12 bits per heavy atom. The lowest BCUT2D eigenvalue weighted by molar-refractivity contribution is -0.131. The summed E-state index contributed by atoms with van der Waals surface area (Å²) in [6, 6.07) is 9.31. The number of benzene rings is 1. The Balaban J connectivity index is 0.000000385. The van der Waals surface area contributed by atoms with Crippen LogP contribution in [0.2, 0.25) is 0 Å². The number of carbonyl (C=O) groups is 3. The van der Waals surface area contributed by atoms with E-state index in [1.54, 1.807) is 6.08 Å². The molecular formula is C12H12O4. The van der Waals surface area contributed by atoms with Crippen molar-refractivity contribution in [2.24, 2.45) is 0 Å². The molecule has 0 saturated carbocycles. The van der Waals surface area contributed by atoms with Gasteiger partial charge in [0.25, 0.3) is 0 Å². The average Bonchev–Trinajstić information content (AvgIpc) is 2.30. The molecule has 0 amide bonds. The number of hydrogen-bond donors (Lipinski definition) is 1. The molecule has 0 radical (unpaired) electrons. The van der Waals surface area contributed by atoms with Crippen molar-refractivity contribution in [2.75, 3.05) is 0 Å². The third-order valence-electron chi connectivity index (χ3n) is 1.41. The highest BCUT2D eigenvalue weighted by atomic mass is 16.4. The van der Waals surface area contributed by atoms with E-state index in [9.17, 15) is 14.4 Å². The Labute approximate surface area is 93.2 Å². The topological polar surface area (TPSA) is 71.4 Å². The fourth-order valence-electron chi connectivity index (χ4n) is 0.771. The second kappa shape index (κ2) is 9.33. The van der Waals surface area contributed by atoms with Crippen molar-refractivity contribution < 1.29 is 19.5 Å². The van der Waals surface area contributed by atoms with Crippen LogP contribution in [0.3, 0.4) is 0 Å². The molecule has 0 aromatic heterocycles. The maximum absolute atomic E-state index is 10.1. The van der Waals surface area contributed by atoms with Crippen molar-refractivity contribution in [3.8, 4) is 0 Å². The third kappa shape index (κ3) is 8.37. The first-order chi connectivity index (χ1) is 7.70. The summed E-state index contributed by atoms with van der Waals surface area (Å²) in [6.07, 6.45) is 3.83. The van der Waals surface area contributed by atoms with E-state index in [1.165, 1.54) is 0 Å². The van der Waals surface area contributed by atoms with Gasteiger partial charge in [0.05, 0.1) is 6.42 Å². The molecule has 16 heavy (non-hydrogen) atoms. The molecule has 1 N–H and O–H groups in total. The first-order valence-corrected chi connectivity index (χ1v) is 4.54. The van der Waals surface area contributed by atoms with Crippen molar-refractivity contribution in [3.05, 3.63) is 42.0 Å². The van der Waals surface area contributed by atoms with Crippen LogP contribution in [-0.2, 0) is 14.4 Å². The van der Waals surface area contributed by atoms with Gasteiger partial charge in [0.1, 0.15) is 12.6 Å². The molecule has 0 atom stereocenters. The number of rotatable bonds is 4. The predicted octanol–water partition coefficient (Wildman–Crippen LogP) is 1.56. The summed E-state index contributed by atoms with van der Waals surface area (Å²) in [5.41, 5.74) is 0.898. The molecule has 4 nitrogen and oxygen atoms in total. The van der Waals surface area contributed by atoms with E-state index in [0.29, 0.717) is 12.6 Å². The summed E-state index contributed by atoms with van der Waals surface area (Å²) in [5.74, 6) is -0.922. The van der Waals surface area contributed by atoms with Crippen molar-refractivity contribution in [2.45, 2.75) is 6.42 Å². The van der Waals surface area contributed by atoms with E-state index in [-0.39, 0.29) is 6.42 Å². The van der Waals surface area contributed by atoms with Gasteiger partial charge in [0, 0.05) is 6.08 Å². The van der Waals surface area contributed by atoms with Gasteiger partial charge in [0.2, 0.25) is 0 Å². The van der Waals surface area contributed by atoms with Gasteiger partial charge in [-0.15, -0.1) is 0 Å². The lowest BCUT2D eigenvalue weighted by Crippen LogP contribution is -1.85. The van der Waals surface area contributed by atoms with Crippen molar-refractivity contribution in [3.63, 3.8) is 0 Å². The minimum Gasteiger partial charge on any atom is -0.478 e. The van der Waals surface area contributed by atoms with E-state index in [2.05, 4.69) is 0 Å². The van der Waals surface area contributed by atoms with Gasteiger partial charge in [-0.1, -0.05) is 30.3 Å². The van der Waals surface area contributed by atoms with E-state index in [1.807, 2.05) is 30.3 Å². The first-order valence-electron chi connectivity index (χ1n) is 4.54. The number of hydrogen-bond acceptors (Lipinski definition) is 3. The van der Waals surface area contributed by atoms with Gasteiger partial charge in [-0.3, -0.25) is 0 Å². The Kier molecular flexibility index (Phi) is 8.03. The number of aliphatic carboxylic acids is 1. The second-order valence-corrected chi connectivity index (χ2v) is 2.65. The summed E-state index contributed by atoms with van der Waals surface area (Å²) in [4.78, 5) is 28.4. The van der Waals surface area contributed by atoms with E-state index >= 15 is 0 Å². The molecule has 0 aliphatic carbocycles. The third-order valence-corrected chi connectivity index (χ3v) is 1.41. The van der Waals surface area contributed by atoms with Crippen LogP contribution in [0.25, 0.3) is 6.08 Å². The van der Waals surface area contributed by atoms with Crippen LogP contribution in [0.1, 0.15) is 12.0 Å². The summed E-state index contributed by atoms with van der Waals surface area (Å²) in [6.45, 7) is 0. The molecule has 0 bridgehead atoms. The van der Waals surface area contributed by atoms with Gasteiger partial charge >= 0.3 is 5.97 Å². The van der Waals surface area contributed by atoms with E-state index in [4.69, 9.17) is 5.11 Å². The molecule has 84 valence electrons. The fourth-order valence-corrected chi connectivity index (χ4v) is 0.771. The Morgan fingerprint density at radius 2 is 1.69 bits per heavy atom. The number of carboxylic acid groups (broad SMARTS) is 1. The van der Waals surface area contributed by atoms with Crippen LogP contribution in [0.5, 0.6) is 0 Å². The predicted molar refractivity (Wildman–Crippen MR) is 59.9 cm³/mol. The highest BCUT2D eigenvalue weighted by molar-refractivity contribution is 5.85. The summed E-state index contributed by atoms with van der Waals surface area (Å²) in [5, 5.41) is 8.29. The Morgan fingerprint density at radius 3 is 2.06 bits per heavy atom. The van der Waals surface area contributed by atoms with Crippen LogP contribution in [0, 0.1) is 0 Å². The fraction of sp³-hybridized carbons (Fsp3) is 0.0833. The standard InChI is InChI=1S/C9H8O2.C3H4O2/c10-9(11)7-6-8-4-2-1-3-5-8;4-2-1-3-5/h1-7H,(H,10,11);2-3H,1H2. The lowest BCUT2D eigenvalue weighted by Gasteiger charge is -1.87. The largest absolute Gasteiger partial charge is 0.478 e. The SMILES string of the molecule is O=C(O)C=Cc1ccccc1.O=CCC=O. The zero-order chi connectivity index (χ0) is 12.2. The molecule has 0 heterocycles. The molecule has 1 aromatic carbocycles. The zero-order valence-corrected chi connectivity index (χ0v) is 8.58. The van der Waals surface area contributed by atoms with E-state index < -0.39 is 5.97 Å². The molecule has 4 heteroatoms. The molecule has 1 rings (SSSR count). The smallest absolute Gasteiger partial charge is 0.328 e. The van der Waals surface area contributed by atoms with Crippen LogP contribution in [-0.4, -0.2) is 23.6 Å². The average molecular weight is 220 g/mol. The zero-order valence-electron chi connectivity index (χ0n) is 8.58. The maximum atomic E-state index is 10.1.